The average molecular weight is 353 g/mol. The van der Waals surface area contributed by atoms with E-state index in [1.54, 1.807) is 0 Å². The van der Waals surface area contributed by atoms with Gasteiger partial charge in [0.25, 0.3) is 0 Å². The first-order valence-electron chi connectivity index (χ1n) is 9.44. The van der Waals surface area contributed by atoms with Gasteiger partial charge in [-0.15, -0.1) is 0 Å². The Morgan fingerprint density at radius 3 is 2.77 bits per heavy atom. The summed E-state index contributed by atoms with van der Waals surface area (Å²) in [6, 6.07) is 18.6. The standard InChI is InChI=1S/C22H27NO3/c24-17-22-9-10-25-15-20(22)13-23(16-22)12-19-7-4-8-21(11-19)26-14-18-5-2-1-3-6-18/h1-8,11,20,24H,9-10,12-17H2/t20-,22-/m1/s1. The molecule has 138 valence electrons. The summed E-state index contributed by atoms with van der Waals surface area (Å²) in [5.74, 6) is 1.35. The fourth-order valence-electron chi connectivity index (χ4n) is 4.27. The molecule has 2 aliphatic rings. The summed E-state index contributed by atoms with van der Waals surface area (Å²) in [6.45, 7) is 5.23. The van der Waals surface area contributed by atoms with Crippen LogP contribution in [0, 0.1) is 11.3 Å². The zero-order valence-electron chi connectivity index (χ0n) is 15.1. The molecule has 0 radical (unpaired) electrons. The first-order chi connectivity index (χ1) is 12.8. The van der Waals surface area contributed by atoms with E-state index in [0.717, 1.165) is 45.0 Å². The molecule has 2 aromatic rings. The fraction of sp³-hybridized carbons (Fsp3) is 0.455. The Morgan fingerprint density at radius 1 is 1.12 bits per heavy atom. The summed E-state index contributed by atoms with van der Waals surface area (Å²) in [5.41, 5.74) is 2.45. The van der Waals surface area contributed by atoms with E-state index in [4.69, 9.17) is 9.47 Å². The minimum Gasteiger partial charge on any atom is -0.489 e. The summed E-state index contributed by atoms with van der Waals surface area (Å²) in [7, 11) is 0. The maximum Gasteiger partial charge on any atom is 0.120 e. The lowest BCUT2D eigenvalue weighted by Crippen LogP contribution is -2.41. The predicted octanol–water partition coefficient (Wildman–Crippen LogP) is 3.10. The van der Waals surface area contributed by atoms with E-state index >= 15 is 0 Å². The maximum absolute atomic E-state index is 9.96. The van der Waals surface area contributed by atoms with E-state index < -0.39 is 0 Å². The summed E-state index contributed by atoms with van der Waals surface area (Å²) in [4.78, 5) is 2.45. The van der Waals surface area contributed by atoms with Gasteiger partial charge in [-0.05, 0) is 29.7 Å². The van der Waals surface area contributed by atoms with E-state index in [1.807, 2.05) is 24.3 Å². The lowest BCUT2D eigenvalue weighted by atomic mass is 9.75. The number of nitrogens with zero attached hydrogens (tertiary/aromatic N) is 1. The van der Waals surface area contributed by atoms with E-state index in [1.165, 1.54) is 11.1 Å². The van der Waals surface area contributed by atoms with Gasteiger partial charge in [0.2, 0.25) is 0 Å². The van der Waals surface area contributed by atoms with Crippen LogP contribution < -0.4 is 4.74 Å². The third kappa shape index (κ3) is 3.78. The summed E-state index contributed by atoms with van der Waals surface area (Å²) in [5, 5.41) is 9.96. The SMILES string of the molecule is OC[C@]12CCOC[C@H]1CN(Cc1cccc(OCc3ccccc3)c1)C2. The van der Waals surface area contributed by atoms with Crippen molar-refractivity contribution in [3.8, 4) is 5.75 Å². The van der Waals surface area contributed by atoms with Gasteiger partial charge >= 0.3 is 0 Å². The zero-order valence-corrected chi connectivity index (χ0v) is 15.1. The number of benzene rings is 2. The van der Waals surface area contributed by atoms with E-state index in [2.05, 4.69) is 35.2 Å². The van der Waals surface area contributed by atoms with Crippen LogP contribution in [-0.2, 0) is 17.9 Å². The van der Waals surface area contributed by atoms with Crippen LogP contribution in [0.25, 0.3) is 0 Å². The molecule has 0 spiro atoms. The fourth-order valence-corrected chi connectivity index (χ4v) is 4.27. The third-order valence-corrected chi connectivity index (χ3v) is 5.81. The summed E-state index contributed by atoms with van der Waals surface area (Å²) < 4.78 is 11.6. The molecule has 2 aromatic carbocycles. The Kier molecular flexibility index (Phi) is 5.25. The van der Waals surface area contributed by atoms with Crippen molar-refractivity contribution in [2.24, 2.45) is 11.3 Å². The molecule has 0 bridgehead atoms. The highest BCUT2D eigenvalue weighted by molar-refractivity contribution is 5.29. The molecule has 4 rings (SSSR count). The smallest absolute Gasteiger partial charge is 0.120 e. The van der Waals surface area contributed by atoms with Crippen molar-refractivity contribution in [1.29, 1.82) is 0 Å². The van der Waals surface area contributed by atoms with Crippen molar-refractivity contribution in [2.75, 3.05) is 32.9 Å². The highest BCUT2D eigenvalue weighted by atomic mass is 16.5. The van der Waals surface area contributed by atoms with Crippen LogP contribution in [0.5, 0.6) is 5.75 Å². The number of ether oxygens (including phenoxy) is 2. The van der Waals surface area contributed by atoms with Crippen LogP contribution in [0.15, 0.2) is 54.6 Å². The average Bonchev–Trinajstić information content (AvgIpc) is 3.06. The molecule has 2 atom stereocenters. The molecular formula is C22H27NO3. The van der Waals surface area contributed by atoms with E-state index in [0.29, 0.717) is 12.5 Å². The van der Waals surface area contributed by atoms with Gasteiger partial charge in [-0.1, -0.05) is 42.5 Å². The molecule has 0 saturated carbocycles. The van der Waals surface area contributed by atoms with E-state index in [9.17, 15) is 5.11 Å². The van der Waals surface area contributed by atoms with Crippen molar-refractivity contribution in [2.45, 2.75) is 19.6 Å². The maximum atomic E-state index is 9.96. The zero-order chi connectivity index (χ0) is 17.8. The Labute approximate surface area is 155 Å². The van der Waals surface area contributed by atoms with Crippen LogP contribution >= 0.6 is 0 Å². The number of hydrogen-bond acceptors (Lipinski definition) is 4. The number of aliphatic hydroxyl groups is 1. The molecule has 4 nitrogen and oxygen atoms in total. The summed E-state index contributed by atoms with van der Waals surface area (Å²) in [6.07, 6.45) is 0.963. The molecule has 0 aromatic heterocycles. The third-order valence-electron chi connectivity index (χ3n) is 5.81. The van der Waals surface area contributed by atoms with Crippen LogP contribution in [0.3, 0.4) is 0 Å². The number of fused-ring (bicyclic) bond motifs is 1. The number of likely N-dealkylation sites (tertiary alicyclic amines) is 1. The topological polar surface area (TPSA) is 41.9 Å². The minimum absolute atomic E-state index is 0.0275. The molecule has 1 N–H and O–H groups in total. The number of rotatable bonds is 6. The molecular weight excluding hydrogens is 326 g/mol. The second-order valence-corrected chi connectivity index (χ2v) is 7.63. The Morgan fingerprint density at radius 2 is 1.96 bits per heavy atom. The Balaban J connectivity index is 1.38. The second kappa shape index (κ2) is 7.78. The van der Waals surface area contributed by atoms with Crippen molar-refractivity contribution in [3.05, 3.63) is 65.7 Å². The molecule has 2 heterocycles. The largest absolute Gasteiger partial charge is 0.489 e. The molecule has 0 amide bonds. The van der Waals surface area contributed by atoms with Crippen molar-refractivity contribution in [3.63, 3.8) is 0 Å². The van der Waals surface area contributed by atoms with Crippen molar-refractivity contribution in [1.82, 2.24) is 4.90 Å². The van der Waals surface area contributed by atoms with Gasteiger partial charge in [-0.25, -0.2) is 0 Å². The molecule has 2 fully saturated rings. The highest BCUT2D eigenvalue weighted by Crippen LogP contribution is 2.42. The highest BCUT2D eigenvalue weighted by Gasteiger charge is 2.47. The van der Waals surface area contributed by atoms with Crippen LogP contribution in [0.1, 0.15) is 17.5 Å². The van der Waals surface area contributed by atoms with Gasteiger partial charge in [-0.2, -0.15) is 0 Å². The molecule has 4 heteroatoms. The van der Waals surface area contributed by atoms with Crippen LogP contribution in [-0.4, -0.2) is 42.9 Å². The second-order valence-electron chi connectivity index (χ2n) is 7.63. The van der Waals surface area contributed by atoms with Crippen molar-refractivity contribution >= 4 is 0 Å². The van der Waals surface area contributed by atoms with Gasteiger partial charge in [0.05, 0.1) is 13.2 Å². The Bertz CT molecular complexity index is 720. The lowest BCUT2D eigenvalue weighted by Gasteiger charge is -2.36. The lowest BCUT2D eigenvalue weighted by molar-refractivity contribution is -0.0417. The van der Waals surface area contributed by atoms with Gasteiger partial charge in [-0.3, -0.25) is 4.90 Å². The normalized spacial score (nSPS) is 25.8. The first kappa shape index (κ1) is 17.5. The number of hydrogen-bond donors (Lipinski definition) is 1. The van der Waals surface area contributed by atoms with Gasteiger partial charge in [0.15, 0.2) is 0 Å². The monoisotopic (exact) mass is 353 g/mol. The minimum atomic E-state index is 0.0275. The van der Waals surface area contributed by atoms with Gasteiger partial charge in [0.1, 0.15) is 12.4 Å². The van der Waals surface area contributed by atoms with Gasteiger partial charge < -0.3 is 14.6 Å². The molecule has 0 aliphatic carbocycles. The van der Waals surface area contributed by atoms with Gasteiger partial charge in [0, 0.05) is 37.6 Å². The van der Waals surface area contributed by atoms with Crippen molar-refractivity contribution < 1.29 is 14.6 Å². The molecule has 2 aliphatic heterocycles. The van der Waals surface area contributed by atoms with E-state index in [-0.39, 0.29) is 12.0 Å². The first-order valence-corrected chi connectivity index (χ1v) is 9.44. The molecule has 0 unspecified atom stereocenters. The Hall–Kier alpha value is -1.88. The van der Waals surface area contributed by atoms with Crippen LogP contribution in [0.4, 0.5) is 0 Å². The molecule has 26 heavy (non-hydrogen) atoms. The number of aliphatic hydroxyl groups excluding tert-OH is 1. The quantitative estimate of drug-likeness (QED) is 0.867. The summed E-state index contributed by atoms with van der Waals surface area (Å²) >= 11 is 0. The molecule has 2 saturated heterocycles. The van der Waals surface area contributed by atoms with Crippen LogP contribution in [0.2, 0.25) is 0 Å². The predicted molar refractivity (Wildman–Crippen MR) is 101 cm³/mol.